The number of nitro benzene ring substituents is 1. The molecule has 0 bridgehead atoms. The first-order chi connectivity index (χ1) is 11.6. The summed E-state index contributed by atoms with van der Waals surface area (Å²) in [5.41, 5.74) is 0.731. The Morgan fingerprint density at radius 1 is 1.25 bits per heavy atom. The normalized spacial score (nSPS) is 10.0. The van der Waals surface area contributed by atoms with Gasteiger partial charge in [-0.15, -0.1) is 0 Å². The molecule has 0 saturated heterocycles. The summed E-state index contributed by atoms with van der Waals surface area (Å²) >= 11 is 0. The minimum atomic E-state index is -0.500. The molecule has 0 saturated carbocycles. The van der Waals surface area contributed by atoms with Crippen molar-refractivity contribution in [3.8, 4) is 11.6 Å². The first-order valence-corrected chi connectivity index (χ1v) is 7.30. The highest BCUT2D eigenvalue weighted by molar-refractivity contribution is 5.77. The first-order valence-electron chi connectivity index (χ1n) is 7.30. The maximum atomic E-state index is 11.8. The van der Waals surface area contributed by atoms with E-state index < -0.39 is 4.92 Å². The van der Waals surface area contributed by atoms with Crippen LogP contribution in [0.3, 0.4) is 0 Å². The van der Waals surface area contributed by atoms with E-state index in [2.05, 4.69) is 10.3 Å². The monoisotopic (exact) mass is 331 g/mol. The zero-order valence-electron chi connectivity index (χ0n) is 13.1. The summed E-state index contributed by atoms with van der Waals surface area (Å²) in [6.45, 7) is 2.42. The number of pyridine rings is 1. The zero-order chi connectivity index (χ0) is 17.4. The molecule has 0 aliphatic rings. The van der Waals surface area contributed by atoms with Gasteiger partial charge in [-0.1, -0.05) is 6.07 Å². The van der Waals surface area contributed by atoms with Crippen molar-refractivity contribution in [3.63, 3.8) is 0 Å². The molecule has 24 heavy (non-hydrogen) atoms. The van der Waals surface area contributed by atoms with Crippen LogP contribution in [0.4, 0.5) is 5.69 Å². The van der Waals surface area contributed by atoms with Crippen molar-refractivity contribution in [1.82, 2.24) is 10.3 Å². The van der Waals surface area contributed by atoms with Crippen molar-refractivity contribution in [3.05, 3.63) is 58.3 Å². The predicted molar refractivity (Wildman–Crippen MR) is 85.8 cm³/mol. The Bertz CT molecular complexity index is 703. The van der Waals surface area contributed by atoms with E-state index in [-0.39, 0.29) is 24.7 Å². The highest BCUT2D eigenvalue weighted by Crippen LogP contribution is 2.17. The van der Waals surface area contributed by atoms with E-state index in [1.165, 1.54) is 24.3 Å². The second kappa shape index (κ2) is 8.47. The standard InChI is InChI=1S/C16H17N3O5/c1-2-23-16-12(4-3-9-17-16)10-18-15(20)11-24-14-7-5-13(6-8-14)19(21)22/h3-9H,2,10-11H2,1H3,(H,18,20). The van der Waals surface area contributed by atoms with Crippen LogP contribution in [0.25, 0.3) is 0 Å². The summed E-state index contributed by atoms with van der Waals surface area (Å²) in [5.74, 6) is 0.545. The number of carbonyl (C=O) groups is 1. The van der Waals surface area contributed by atoms with Gasteiger partial charge in [-0.05, 0) is 25.1 Å². The van der Waals surface area contributed by atoms with E-state index in [0.29, 0.717) is 18.2 Å². The summed E-state index contributed by atoms with van der Waals surface area (Å²) in [6, 6.07) is 9.10. The topological polar surface area (TPSA) is 104 Å². The molecule has 8 nitrogen and oxygen atoms in total. The van der Waals surface area contributed by atoms with Gasteiger partial charge in [0.1, 0.15) is 5.75 Å². The summed E-state index contributed by atoms with van der Waals surface area (Å²) < 4.78 is 10.7. The fourth-order valence-electron chi connectivity index (χ4n) is 1.88. The highest BCUT2D eigenvalue weighted by atomic mass is 16.6. The Morgan fingerprint density at radius 2 is 2.00 bits per heavy atom. The van der Waals surface area contributed by atoms with Crippen molar-refractivity contribution in [2.45, 2.75) is 13.5 Å². The van der Waals surface area contributed by atoms with Crippen molar-refractivity contribution in [2.75, 3.05) is 13.2 Å². The number of nitrogens with zero attached hydrogens (tertiary/aromatic N) is 2. The number of nitro groups is 1. The highest BCUT2D eigenvalue weighted by Gasteiger charge is 2.08. The lowest BCUT2D eigenvalue weighted by Crippen LogP contribution is -2.28. The number of rotatable bonds is 8. The van der Waals surface area contributed by atoms with Gasteiger partial charge in [-0.3, -0.25) is 14.9 Å². The molecule has 0 radical (unpaired) electrons. The summed E-state index contributed by atoms with van der Waals surface area (Å²) in [7, 11) is 0. The number of hydrogen-bond acceptors (Lipinski definition) is 6. The van der Waals surface area contributed by atoms with E-state index in [1.807, 2.05) is 13.0 Å². The number of carbonyl (C=O) groups excluding carboxylic acids is 1. The molecule has 1 heterocycles. The Balaban J connectivity index is 1.82. The van der Waals surface area contributed by atoms with Gasteiger partial charge in [0.2, 0.25) is 5.88 Å². The van der Waals surface area contributed by atoms with Crippen LogP contribution in [0.1, 0.15) is 12.5 Å². The lowest BCUT2D eigenvalue weighted by atomic mass is 10.2. The van der Waals surface area contributed by atoms with E-state index in [1.54, 1.807) is 12.3 Å². The second-order valence-corrected chi connectivity index (χ2v) is 4.72. The third kappa shape index (κ3) is 4.94. The van der Waals surface area contributed by atoms with Gasteiger partial charge in [0, 0.05) is 30.4 Å². The molecule has 126 valence electrons. The fraction of sp³-hybridized carbons (Fsp3) is 0.250. The number of hydrogen-bond donors (Lipinski definition) is 1. The van der Waals surface area contributed by atoms with Crippen LogP contribution in [0.15, 0.2) is 42.6 Å². The molecule has 0 aliphatic carbocycles. The first kappa shape index (κ1) is 17.2. The minimum Gasteiger partial charge on any atom is -0.484 e. The van der Waals surface area contributed by atoms with E-state index in [0.717, 1.165) is 5.56 Å². The Kier molecular flexibility index (Phi) is 6.07. The molecule has 0 unspecified atom stereocenters. The average Bonchev–Trinajstić information content (AvgIpc) is 2.60. The quantitative estimate of drug-likeness (QED) is 0.587. The maximum Gasteiger partial charge on any atom is 0.269 e. The van der Waals surface area contributed by atoms with E-state index in [4.69, 9.17) is 9.47 Å². The lowest BCUT2D eigenvalue weighted by molar-refractivity contribution is -0.384. The number of ether oxygens (including phenoxy) is 2. The summed E-state index contributed by atoms with van der Waals surface area (Å²) in [4.78, 5) is 26.0. The van der Waals surface area contributed by atoms with Crippen LogP contribution < -0.4 is 14.8 Å². The molecular formula is C16H17N3O5. The average molecular weight is 331 g/mol. The van der Waals surface area contributed by atoms with Crippen LogP contribution in [0.2, 0.25) is 0 Å². The van der Waals surface area contributed by atoms with Gasteiger partial charge < -0.3 is 14.8 Å². The molecule has 1 amide bonds. The molecule has 8 heteroatoms. The van der Waals surface area contributed by atoms with E-state index >= 15 is 0 Å². The second-order valence-electron chi connectivity index (χ2n) is 4.72. The SMILES string of the molecule is CCOc1ncccc1CNC(=O)COc1ccc([N+](=O)[O-])cc1. The Morgan fingerprint density at radius 3 is 2.67 bits per heavy atom. The smallest absolute Gasteiger partial charge is 0.269 e. The Labute approximate surface area is 138 Å². The third-order valence-electron chi connectivity index (χ3n) is 3.02. The van der Waals surface area contributed by atoms with Gasteiger partial charge in [-0.2, -0.15) is 0 Å². The number of aromatic nitrogens is 1. The lowest BCUT2D eigenvalue weighted by Gasteiger charge is -2.10. The van der Waals surface area contributed by atoms with Gasteiger partial charge in [0.25, 0.3) is 11.6 Å². The van der Waals surface area contributed by atoms with Crippen LogP contribution in [-0.4, -0.2) is 29.0 Å². The largest absolute Gasteiger partial charge is 0.484 e. The molecule has 0 spiro atoms. The number of benzene rings is 1. The molecule has 0 atom stereocenters. The molecule has 0 aliphatic heterocycles. The van der Waals surface area contributed by atoms with E-state index in [9.17, 15) is 14.9 Å². The molecule has 1 aromatic carbocycles. The van der Waals surface area contributed by atoms with Gasteiger partial charge in [-0.25, -0.2) is 4.98 Å². The van der Waals surface area contributed by atoms with Crippen molar-refractivity contribution < 1.29 is 19.2 Å². The van der Waals surface area contributed by atoms with Crippen LogP contribution >= 0.6 is 0 Å². The minimum absolute atomic E-state index is 0.0353. The van der Waals surface area contributed by atoms with Crippen LogP contribution in [0, 0.1) is 10.1 Å². The van der Waals surface area contributed by atoms with Crippen LogP contribution in [0.5, 0.6) is 11.6 Å². The van der Waals surface area contributed by atoms with Crippen molar-refractivity contribution >= 4 is 11.6 Å². The maximum absolute atomic E-state index is 11.8. The predicted octanol–water partition coefficient (Wildman–Crippen LogP) is 2.08. The summed E-state index contributed by atoms with van der Waals surface area (Å²) in [6.07, 6.45) is 1.62. The molecule has 1 N–H and O–H groups in total. The van der Waals surface area contributed by atoms with Crippen molar-refractivity contribution in [2.24, 2.45) is 0 Å². The van der Waals surface area contributed by atoms with Gasteiger partial charge in [0.05, 0.1) is 11.5 Å². The number of amides is 1. The summed E-state index contributed by atoms with van der Waals surface area (Å²) in [5, 5.41) is 13.3. The van der Waals surface area contributed by atoms with Crippen LogP contribution in [-0.2, 0) is 11.3 Å². The molecular weight excluding hydrogens is 314 g/mol. The zero-order valence-corrected chi connectivity index (χ0v) is 13.1. The van der Waals surface area contributed by atoms with Gasteiger partial charge in [0.15, 0.2) is 6.61 Å². The molecule has 2 aromatic rings. The number of non-ortho nitro benzene ring substituents is 1. The number of nitrogens with one attached hydrogen (secondary N) is 1. The molecule has 0 fully saturated rings. The van der Waals surface area contributed by atoms with Gasteiger partial charge >= 0.3 is 0 Å². The molecule has 1 aromatic heterocycles. The van der Waals surface area contributed by atoms with Crippen molar-refractivity contribution in [1.29, 1.82) is 0 Å². The third-order valence-corrected chi connectivity index (χ3v) is 3.02. The molecule has 2 rings (SSSR count). The Hall–Kier alpha value is -3.16. The fourth-order valence-corrected chi connectivity index (χ4v) is 1.88.